The summed E-state index contributed by atoms with van der Waals surface area (Å²) in [5, 5.41) is 6.82. The van der Waals surface area contributed by atoms with Crippen LogP contribution in [0.15, 0.2) is 45.7 Å². The molecule has 0 aliphatic heterocycles. The number of carbonyl (C=O) groups excluding carboxylic acids is 1. The maximum absolute atomic E-state index is 13.5. The molecular formula is C22H24BrN3O3. The number of hydrogen-bond acceptors (Lipinski definition) is 3. The Balaban J connectivity index is 1.78. The van der Waals surface area contributed by atoms with E-state index in [2.05, 4.69) is 26.3 Å². The van der Waals surface area contributed by atoms with Gasteiger partial charge in [-0.05, 0) is 59.5 Å². The molecule has 7 heteroatoms. The SMILES string of the molecule is COc1cc(NC(=O)C2(n3[nH]c4c(Br)cccc4c3=O)CCCCC2)ccc1C. The average Bonchev–Trinajstić information content (AvgIpc) is 3.08. The topological polar surface area (TPSA) is 76.1 Å². The number of carbonyl (C=O) groups is 1. The molecule has 2 N–H and O–H groups in total. The fourth-order valence-electron chi connectivity index (χ4n) is 4.23. The number of fused-ring (bicyclic) bond motifs is 1. The van der Waals surface area contributed by atoms with Crippen LogP contribution in [-0.2, 0) is 10.3 Å². The van der Waals surface area contributed by atoms with Crippen molar-refractivity contribution < 1.29 is 9.53 Å². The van der Waals surface area contributed by atoms with Crippen molar-refractivity contribution >= 4 is 38.4 Å². The number of para-hydroxylation sites is 1. The van der Waals surface area contributed by atoms with Gasteiger partial charge in [0.1, 0.15) is 11.3 Å². The lowest BCUT2D eigenvalue weighted by Gasteiger charge is -2.36. The summed E-state index contributed by atoms with van der Waals surface area (Å²) in [4.78, 5) is 26.7. The number of anilines is 1. The van der Waals surface area contributed by atoms with Crippen molar-refractivity contribution in [3.63, 3.8) is 0 Å². The van der Waals surface area contributed by atoms with Gasteiger partial charge >= 0.3 is 0 Å². The Bertz CT molecular complexity index is 1130. The molecule has 0 atom stereocenters. The van der Waals surface area contributed by atoms with Gasteiger partial charge in [0, 0.05) is 16.2 Å². The molecule has 1 saturated carbocycles. The highest BCUT2D eigenvalue weighted by Crippen LogP contribution is 2.36. The van der Waals surface area contributed by atoms with Crippen LogP contribution in [0.5, 0.6) is 5.75 Å². The van der Waals surface area contributed by atoms with Crippen molar-refractivity contribution in [2.75, 3.05) is 12.4 Å². The Morgan fingerprint density at radius 2 is 1.97 bits per heavy atom. The quantitative estimate of drug-likeness (QED) is 0.595. The highest BCUT2D eigenvalue weighted by Gasteiger charge is 2.43. The molecule has 1 aliphatic rings. The molecule has 3 aromatic rings. The lowest BCUT2D eigenvalue weighted by molar-refractivity contribution is -0.127. The summed E-state index contributed by atoms with van der Waals surface area (Å²) in [6.45, 7) is 1.95. The van der Waals surface area contributed by atoms with E-state index < -0.39 is 5.54 Å². The van der Waals surface area contributed by atoms with E-state index >= 15 is 0 Å². The van der Waals surface area contributed by atoms with Crippen LogP contribution in [0.3, 0.4) is 0 Å². The van der Waals surface area contributed by atoms with Crippen molar-refractivity contribution in [1.29, 1.82) is 0 Å². The Hall–Kier alpha value is -2.54. The van der Waals surface area contributed by atoms with Crippen molar-refractivity contribution in [2.45, 2.75) is 44.6 Å². The molecule has 6 nitrogen and oxygen atoms in total. The molecule has 2 aromatic carbocycles. The van der Waals surface area contributed by atoms with Gasteiger partial charge in [-0.3, -0.25) is 14.7 Å². The van der Waals surface area contributed by atoms with Crippen LogP contribution in [0.4, 0.5) is 5.69 Å². The predicted octanol–water partition coefficient (Wildman–Crippen LogP) is 4.71. The first-order valence-electron chi connectivity index (χ1n) is 9.82. The van der Waals surface area contributed by atoms with Crippen LogP contribution in [0, 0.1) is 6.92 Å². The Morgan fingerprint density at radius 3 is 2.66 bits per heavy atom. The molecule has 0 radical (unpaired) electrons. The zero-order chi connectivity index (χ0) is 20.6. The third-order valence-corrected chi connectivity index (χ3v) is 6.53. The molecule has 1 fully saturated rings. The van der Waals surface area contributed by atoms with Crippen LogP contribution in [0.2, 0.25) is 0 Å². The highest BCUT2D eigenvalue weighted by molar-refractivity contribution is 9.10. The van der Waals surface area contributed by atoms with Crippen LogP contribution in [0.25, 0.3) is 10.9 Å². The Kier molecular flexibility index (Phi) is 5.25. The minimum atomic E-state index is -0.939. The van der Waals surface area contributed by atoms with Crippen molar-refractivity contribution in [3.8, 4) is 5.75 Å². The van der Waals surface area contributed by atoms with Crippen LogP contribution < -0.4 is 15.6 Å². The maximum Gasteiger partial charge on any atom is 0.275 e. The van der Waals surface area contributed by atoms with E-state index in [0.29, 0.717) is 35.2 Å². The van der Waals surface area contributed by atoms with Crippen molar-refractivity contribution in [2.24, 2.45) is 0 Å². The number of nitrogens with one attached hydrogen (secondary N) is 2. The number of methoxy groups -OCH3 is 1. The number of nitrogens with zero attached hydrogens (tertiary/aromatic N) is 1. The summed E-state index contributed by atoms with van der Waals surface area (Å²) in [5.41, 5.74) is 1.26. The number of hydrogen-bond donors (Lipinski definition) is 2. The van der Waals surface area contributed by atoms with Gasteiger partial charge in [0.05, 0.1) is 18.0 Å². The van der Waals surface area contributed by atoms with Gasteiger partial charge in [0.15, 0.2) is 0 Å². The third kappa shape index (κ3) is 3.37. The summed E-state index contributed by atoms with van der Waals surface area (Å²) in [6, 6.07) is 11.1. The number of halogens is 1. The number of amides is 1. The minimum absolute atomic E-state index is 0.167. The smallest absolute Gasteiger partial charge is 0.275 e. The number of ether oxygens (including phenoxy) is 1. The number of rotatable bonds is 4. The van der Waals surface area contributed by atoms with Gasteiger partial charge in [0.25, 0.3) is 11.5 Å². The second-order valence-corrected chi connectivity index (χ2v) is 8.50. The molecule has 0 unspecified atom stereocenters. The minimum Gasteiger partial charge on any atom is -0.496 e. The summed E-state index contributed by atoms with van der Waals surface area (Å²) in [7, 11) is 1.61. The number of H-pyrrole nitrogens is 1. The Morgan fingerprint density at radius 1 is 1.21 bits per heavy atom. The second-order valence-electron chi connectivity index (χ2n) is 7.65. The third-order valence-electron chi connectivity index (χ3n) is 5.87. The Labute approximate surface area is 177 Å². The van der Waals surface area contributed by atoms with Gasteiger partial charge in [-0.15, -0.1) is 0 Å². The number of aryl methyl sites for hydroxylation is 1. The second kappa shape index (κ2) is 7.71. The molecule has 4 rings (SSSR count). The van der Waals surface area contributed by atoms with Gasteiger partial charge in [-0.1, -0.05) is 31.4 Å². The first-order chi connectivity index (χ1) is 14.0. The lowest BCUT2D eigenvalue weighted by atomic mass is 9.81. The summed E-state index contributed by atoms with van der Waals surface area (Å²) in [6.07, 6.45) is 4.09. The molecule has 1 aromatic heterocycles. The van der Waals surface area contributed by atoms with Crippen LogP contribution >= 0.6 is 15.9 Å². The molecule has 1 amide bonds. The predicted molar refractivity (Wildman–Crippen MR) is 118 cm³/mol. The van der Waals surface area contributed by atoms with Gasteiger partial charge in [0.2, 0.25) is 0 Å². The van der Waals surface area contributed by atoms with E-state index in [9.17, 15) is 9.59 Å². The average molecular weight is 458 g/mol. The fraction of sp³-hybridized carbons (Fsp3) is 0.364. The zero-order valence-corrected chi connectivity index (χ0v) is 18.1. The number of benzene rings is 2. The monoisotopic (exact) mass is 457 g/mol. The molecule has 0 spiro atoms. The van der Waals surface area contributed by atoms with E-state index in [1.807, 2.05) is 37.3 Å². The van der Waals surface area contributed by atoms with E-state index in [4.69, 9.17) is 4.74 Å². The first-order valence-corrected chi connectivity index (χ1v) is 10.6. The van der Waals surface area contributed by atoms with E-state index in [1.54, 1.807) is 17.9 Å². The summed E-state index contributed by atoms with van der Waals surface area (Å²) >= 11 is 3.50. The molecular weight excluding hydrogens is 434 g/mol. The normalized spacial score (nSPS) is 16.0. The largest absolute Gasteiger partial charge is 0.496 e. The maximum atomic E-state index is 13.5. The first kappa shape index (κ1) is 19.8. The van der Waals surface area contributed by atoms with E-state index in [0.717, 1.165) is 29.3 Å². The number of aromatic amines is 1. The van der Waals surface area contributed by atoms with Crippen molar-refractivity contribution in [1.82, 2.24) is 9.78 Å². The van der Waals surface area contributed by atoms with Crippen LogP contribution in [-0.4, -0.2) is 22.8 Å². The fourth-order valence-corrected chi connectivity index (χ4v) is 4.69. The van der Waals surface area contributed by atoms with Crippen LogP contribution in [0.1, 0.15) is 37.7 Å². The molecule has 29 heavy (non-hydrogen) atoms. The van der Waals surface area contributed by atoms with Gasteiger partial charge in [-0.2, -0.15) is 0 Å². The van der Waals surface area contributed by atoms with E-state index in [1.165, 1.54) is 0 Å². The summed E-state index contributed by atoms with van der Waals surface area (Å²) < 4.78 is 7.73. The molecule has 0 bridgehead atoms. The highest BCUT2D eigenvalue weighted by atomic mass is 79.9. The standard InChI is InChI=1S/C22H24BrN3O3/c1-14-9-10-15(13-18(14)29-2)24-21(28)22(11-4-3-5-12-22)26-20(27)16-7-6-8-17(23)19(16)25-26/h6-10,13,25H,3-5,11-12H2,1-2H3,(H,24,28). The van der Waals surface area contributed by atoms with Gasteiger partial charge in [-0.25, -0.2) is 4.68 Å². The zero-order valence-electron chi connectivity index (χ0n) is 16.5. The lowest BCUT2D eigenvalue weighted by Crippen LogP contribution is -2.51. The summed E-state index contributed by atoms with van der Waals surface area (Å²) in [5.74, 6) is 0.542. The molecule has 1 aliphatic carbocycles. The molecule has 0 saturated heterocycles. The molecule has 1 heterocycles. The van der Waals surface area contributed by atoms with Crippen molar-refractivity contribution in [3.05, 3.63) is 56.8 Å². The number of aromatic nitrogens is 2. The van der Waals surface area contributed by atoms with E-state index in [-0.39, 0.29) is 11.5 Å². The molecule has 152 valence electrons. The van der Waals surface area contributed by atoms with Gasteiger partial charge < -0.3 is 10.1 Å².